The van der Waals surface area contributed by atoms with E-state index in [0.29, 0.717) is 10.5 Å². The van der Waals surface area contributed by atoms with Crippen LogP contribution in [0.2, 0.25) is 0 Å². The second-order valence-electron chi connectivity index (χ2n) is 8.01. The summed E-state index contributed by atoms with van der Waals surface area (Å²) in [6.45, 7) is 6.19. The normalized spacial score (nSPS) is 12.9. The van der Waals surface area contributed by atoms with E-state index in [2.05, 4.69) is 15.3 Å². The highest BCUT2D eigenvalue weighted by atomic mass is 16.6. The zero-order valence-corrected chi connectivity index (χ0v) is 18.3. The van der Waals surface area contributed by atoms with E-state index in [1.165, 1.54) is 19.3 Å². The van der Waals surface area contributed by atoms with Crippen LogP contribution in [0.5, 0.6) is 0 Å². The number of carboxylic acid groups (broad SMARTS) is 1. The minimum absolute atomic E-state index is 0.00943. The minimum Gasteiger partial charge on any atom is -0.480 e. The van der Waals surface area contributed by atoms with Gasteiger partial charge >= 0.3 is 12.1 Å². The van der Waals surface area contributed by atoms with Crippen LogP contribution in [0.25, 0.3) is 0 Å². The Balaban J connectivity index is 2.41. The molecule has 2 N–H and O–H groups in total. The van der Waals surface area contributed by atoms with E-state index in [0.717, 1.165) is 6.20 Å². The monoisotopic (exact) mass is 442 g/mol. The van der Waals surface area contributed by atoms with Crippen molar-refractivity contribution in [3.05, 3.63) is 60.2 Å². The SMILES string of the molecule is C[C@@H](C(=O)O)N(C(=O)c1cnccn1)C(=O)[C@H](Cc1ccccc1)NC(=O)OC(C)(C)C. The van der Waals surface area contributed by atoms with E-state index >= 15 is 0 Å². The number of aromatic nitrogens is 2. The van der Waals surface area contributed by atoms with Crippen molar-refractivity contribution >= 4 is 23.9 Å². The van der Waals surface area contributed by atoms with E-state index < -0.39 is 41.6 Å². The number of rotatable bonds is 7. The van der Waals surface area contributed by atoms with Crippen molar-refractivity contribution in [2.45, 2.75) is 51.8 Å². The molecule has 0 aliphatic heterocycles. The fraction of sp³-hybridized carbons (Fsp3) is 0.364. The first-order valence-corrected chi connectivity index (χ1v) is 9.89. The van der Waals surface area contributed by atoms with Crippen LogP contribution in [0.3, 0.4) is 0 Å². The summed E-state index contributed by atoms with van der Waals surface area (Å²) in [5, 5.41) is 12.0. The first-order valence-electron chi connectivity index (χ1n) is 9.89. The van der Waals surface area contributed by atoms with Gasteiger partial charge in [0.1, 0.15) is 23.4 Å². The highest BCUT2D eigenvalue weighted by molar-refractivity contribution is 6.08. The summed E-state index contributed by atoms with van der Waals surface area (Å²) in [7, 11) is 0. The lowest BCUT2D eigenvalue weighted by molar-refractivity contribution is -0.147. The first kappa shape index (κ1) is 24.4. The van der Waals surface area contributed by atoms with E-state index in [4.69, 9.17) is 4.74 Å². The molecule has 10 heteroatoms. The number of hydrogen-bond donors (Lipinski definition) is 2. The summed E-state index contributed by atoms with van der Waals surface area (Å²) in [6, 6.07) is 6.00. The van der Waals surface area contributed by atoms with Crippen LogP contribution in [0, 0.1) is 0 Å². The lowest BCUT2D eigenvalue weighted by Crippen LogP contribution is -2.56. The molecule has 0 radical (unpaired) electrons. The molecule has 10 nitrogen and oxygen atoms in total. The van der Waals surface area contributed by atoms with Gasteiger partial charge in [-0.05, 0) is 33.3 Å². The number of benzene rings is 1. The van der Waals surface area contributed by atoms with E-state index in [1.807, 2.05) is 0 Å². The Bertz CT molecular complexity index is 959. The second-order valence-corrected chi connectivity index (χ2v) is 8.01. The topological polar surface area (TPSA) is 139 Å². The van der Waals surface area contributed by atoms with Crippen LogP contribution in [-0.4, -0.2) is 61.5 Å². The van der Waals surface area contributed by atoms with Crippen LogP contribution in [0.15, 0.2) is 48.9 Å². The third-order valence-corrected chi connectivity index (χ3v) is 4.25. The van der Waals surface area contributed by atoms with E-state index in [1.54, 1.807) is 51.1 Å². The molecule has 1 aromatic carbocycles. The predicted octanol–water partition coefficient (Wildman–Crippen LogP) is 2.05. The third-order valence-electron chi connectivity index (χ3n) is 4.25. The highest BCUT2D eigenvalue weighted by Gasteiger charge is 2.38. The number of nitrogens with zero attached hydrogens (tertiary/aromatic N) is 3. The van der Waals surface area contributed by atoms with Crippen molar-refractivity contribution in [2.75, 3.05) is 0 Å². The van der Waals surface area contributed by atoms with Crippen molar-refractivity contribution in [3.63, 3.8) is 0 Å². The molecular formula is C22H26N4O6. The molecule has 2 aromatic rings. The van der Waals surface area contributed by atoms with Gasteiger partial charge < -0.3 is 15.2 Å². The summed E-state index contributed by atoms with van der Waals surface area (Å²) >= 11 is 0. The highest BCUT2D eigenvalue weighted by Crippen LogP contribution is 2.14. The number of carbonyl (C=O) groups excluding carboxylic acids is 3. The molecule has 0 spiro atoms. The van der Waals surface area contributed by atoms with Gasteiger partial charge in [0.2, 0.25) is 0 Å². The van der Waals surface area contributed by atoms with Gasteiger partial charge in [0.05, 0.1) is 6.20 Å². The largest absolute Gasteiger partial charge is 0.480 e. The Morgan fingerprint density at radius 3 is 2.31 bits per heavy atom. The molecule has 0 fully saturated rings. The first-order chi connectivity index (χ1) is 15.0. The summed E-state index contributed by atoms with van der Waals surface area (Å²) in [6.07, 6.45) is 2.86. The van der Waals surface area contributed by atoms with Crippen LogP contribution >= 0.6 is 0 Å². The summed E-state index contributed by atoms with van der Waals surface area (Å²) < 4.78 is 5.24. The molecule has 0 bridgehead atoms. The van der Waals surface area contributed by atoms with Crippen LogP contribution in [-0.2, 0) is 20.7 Å². The maximum atomic E-state index is 13.4. The van der Waals surface area contributed by atoms with E-state index in [-0.39, 0.29) is 12.1 Å². The number of hydrogen-bond acceptors (Lipinski definition) is 7. The van der Waals surface area contributed by atoms with Gasteiger partial charge in [-0.15, -0.1) is 0 Å². The van der Waals surface area contributed by atoms with Crippen molar-refractivity contribution in [2.24, 2.45) is 0 Å². The number of ether oxygens (including phenoxy) is 1. The maximum Gasteiger partial charge on any atom is 0.408 e. The quantitative estimate of drug-likeness (QED) is 0.664. The number of carboxylic acids is 1. The molecule has 170 valence electrons. The number of aliphatic carboxylic acids is 1. The van der Waals surface area contributed by atoms with Crippen molar-refractivity contribution < 1.29 is 29.0 Å². The molecule has 32 heavy (non-hydrogen) atoms. The standard InChI is InChI=1S/C22H26N4O6/c1-14(20(29)30)26(19(28)17-13-23-10-11-24-17)18(27)16(12-15-8-6-5-7-9-15)25-21(31)32-22(2,3)4/h5-11,13-14,16H,12H2,1-4H3,(H,25,31)(H,29,30)/t14-,16-/m0/s1. The van der Waals surface area contributed by atoms with Gasteiger partial charge in [0, 0.05) is 18.8 Å². The predicted molar refractivity (Wildman–Crippen MR) is 114 cm³/mol. The van der Waals surface area contributed by atoms with Gasteiger partial charge in [-0.3, -0.25) is 19.5 Å². The molecular weight excluding hydrogens is 416 g/mol. The Kier molecular flexibility index (Phi) is 8.00. The Hall–Kier alpha value is -3.82. The molecule has 0 aliphatic carbocycles. The summed E-state index contributed by atoms with van der Waals surface area (Å²) in [4.78, 5) is 58.7. The number of alkyl carbamates (subject to hydrolysis) is 1. The lowest BCUT2D eigenvalue weighted by Gasteiger charge is -2.29. The summed E-state index contributed by atoms with van der Waals surface area (Å²) in [5.74, 6) is -3.25. The zero-order chi connectivity index (χ0) is 23.9. The van der Waals surface area contributed by atoms with Gasteiger partial charge in [-0.2, -0.15) is 0 Å². The molecule has 0 saturated heterocycles. The van der Waals surface area contributed by atoms with Gasteiger partial charge in [0.25, 0.3) is 11.8 Å². The Labute approximate surface area is 185 Å². The van der Waals surface area contributed by atoms with E-state index in [9.17, 15) is 24.3 Å². The molecule has 1 heterocycles. The average Bonchev–Trinajstić information content (AvgIpc) is 2.73. The third kappa shape index (κ3) is 6.86. The molecule has 0 saturated carbocycles. The number of nitrogens with one attached hydrogen (secondary N) is 1. The molecule has 1 aromatic heterocycles. The van der Waals surface area contributed by atoms with Crippen LogP contribution in [0.4, 0.5) is 4.79 Å². The molecule has 3 amide bonds. The van der Waals surface area contributed by atoms with Crippen molar-refractivity contribution in [3.8, 4) is 0 Å². The van der Waals surface area contributed by atoms with Crippen molar-refractivity contribution in [1.82, 2.24) is 20.2 Å². The second kappa shape index (κ2) is 10.5. The zero-order valence-electron chi connectivity index (χ0n) is 18.3. The Morgan fingerprint density at radius 1 is 1.12 bits per heavy atom. The van der Waals surface area contributed by atoms with Gasteiger partial charge in [0.15, 0.2) is 0 Å². The Morgan fingerprint density at radius 2 is 1.78 bits per heavy atom. The fourth-order valence-corrected chi connectivity index (χ4v) is 2.78. The molecule has 2 rings (SSSR count). The fourth-order valence-electron chi connectivity index (χ4n) is 2.78. The summed E-state index contributed by atoms with van der Waals surface area (Å²) in [5.41, 5.74) is -0.338. The van der Waals surface area contributed by atoms with Crippen molar-refractivity contribution in [1.29, 1.82) is 0 Å². The smallest absolute Gasteiger partial charge is 0.408 e. The van der Waals surface area contributed by atoms with Gasteiger partial charge in [-0.1, -0.05) is 30.3 Å². The minimum atomic E-state index is -1.52. The molecule has 0 unspecified atom stereocenters. The van der Waals surface area contributed by atoms with Crippen LogP contribution in [0.1, 0.15) is 43.7 Å². The number of imide groups is 1. The van der Waals surface area contributed by atoms with Gasteiger partial charge in [-0.25, -0.2) is 14.6 Å². The van der Waals surface area contributed by atoms with Crippen LogP contribution < -0.4 is 5.32 Å². The number of amides is 3. The molecule has 2 atom stereocenters. The maximum absolute atomic E-state index is 13.4. The lowest BCUT2D eigenvalue weighted by atomic mass is 10.0. The number of carbonyl (C=O) groups is 4. The molecule has 0 aliphatic rings. The average molecular weight is 442 g/mol.